The minimum Gasteiger partial charge on any atom is -0.394 e. The number of fused-ring (bicyclic) bond motifs is 2. The first-order valence-electron chi connectivity index (χ1n) is 9.07. The van der Waals surface area contributed by atoms with Crippen LogP contribution in [0.1, 0.15) is 40.5 Å². The zero-order valence-corrected chi connectivity index (χ0v) is 16.0. The summed E-state index contributed by atoms with van der Waals surface area (Å²) in [6, 6.07) is 6.17. The van der Waals surface area contributed by atoms with E-state index in [1.54, 1.807) is 30.3 Å². The summed E-state index contributed by atoms with van der Waals surface area (Å²) in [6.07, 6.45) is 3.51. The van der Waals surface area contributed by atoms with E-state index in [0.29, 0.717) is 23.1 Å². The Balaban J connectivity index is 1.96. The molecule has 0 amide bonds. The third kappa shape index (κ3) is 2.77. The van der Waals surface area contributed by atoms with E-state index < -0.39 is 16.7 Å². The molecule has 7 heteroatoms. The van der Waals surface area contributed by atoms with Crippen LogP contribution < -0.4 is 5.32 Å². The van der Waals surface area contributed by atoms with Gasteiger partial charge in [-0.05, 0) is 12.5 Å². The van der Waals surface area contributed by atoms with Gasteiger partial charge in [0.2, 0.25) is 5.78 Å². The third-order valence-electron chi connectivity index (χ3n) is 5.57. The van der Waals surface area contributed by atoms with Gasteiger partial charge < -0.3 is 10.4 Å². The Labute approximate surface area is 166 Å². The molecule has 3 aliphatic rings. The molecule has 6 nitrogen and oxygen atoms in total. The average Bonchev–Trinajstić information content (AvgIpc) is 2.68. The summed E-state index contributed by atoms with van der Waals surface area (Å²) in [5.41, 5.74) is 0.134. The Bertz CT molecular complexity index is 979. The molecular formula is C21H19NO5S. The molecule has 2 aliphatic carbocycles. The molecule has 1 aromatic rings. The second-order valence-electron chi connectivity index (χ2n) is 7.32. The van der Waals surface area contributed by atoms with Crippen LogP contribution in [-0.4, -0.2) is 45.5 Å². The number of carbonyl (C=O) groups is 4. The Morgan fingerprint density at radius 2 is 1.89 bits per heavy atom. The molecule has 2 N–H and O–H groups in total. The van der Waals surface area contributed by atoms with Gasteiger partial charge in [-0.2, -0.15) is 0 Å². The van der Waals surface area contributed by atoms with E-state index in [1.165, 1.54) is 13.0 Å². The maximum absolute atomic E-state index is 13.5. The fourth-order valence-corrected chi connectivity index (χ4v) is 5.56. The summed E-state index contributed by atoms with van der Waals surface area (Å²) in [4.78, 5) is 50.6. The molecule has 144 valence electrons. The van der Waals surface area contributed by atoms with E-state index >= 15 is 0 Å². The highest BCUT2D eigenvalue weighted by molar-refractivity contribution is 8.14. The number of Topliss-reactive ketones (excluding diaryl/α,β-unsaturated/α-hetero) is 2. The standard InChI is InChI=1S/C21H19NO5S/c1-11(24)28-16-8-13(25)6-7-21(16)9-12(10-23)22-18-17(21)19(26)14-4-2-3-5-15(14)20(18)27/h2-7,12,16,22-23H,8-10H2,1H3/t12-,16-,21-/m0/s1. The number of hydrogen-bond donors (Lipinski definition) is 2. The molecule has 1 spiro atoms. The van der Waals surface area contributed by atoms with E-state index in [1.807, 2.05) is 0 Å². The molecular weight excluding hydrogens is 378 g/mol. The summed E-state index contributed by atoms with van der Waals surface area (Å²) in [5, 5.41) is 12.2. The van der Waals surface area contributed by atoms with Crippen molar-refractivity contribution in [1.82, 2.24) is 5.32 Å². The first kappa shape index (κ1) is 18.8. The van der Waals surface area contributed by atoms with E-state index in [0.717, 1.165) is 11.8 Å². The molecule has 3 atom stereocenters. The molecule has 0 saturated heterocycles. The minimum atomic E-state index is -0.974. The predicted octanol–water partition coefficient (Wildman–Crippen LogP) is 1.84. The van der Waals surface area contributed by atoms with Crippen LogP contribution in [0.5, 0.6) is 0 Å². The lowest BCUT2D eigenvalue weighted by atomic mass is 9.62. The number of thioether (sulfide) groups is 1. The Morgan fingerprint density at radius 3 is 2.54 bits per heavy atom. The van der Waals surface area contributed by atoms with Crippen molar-refractivity contribution < 1.29 is 24.3 Å². The molecule has 0 bridgehead atoms. The van der Waals surface area contributed by atoms with E-state index in [2.05, 4.69) is 5.32 Å². The van der Waals surface area contributed by atoms with Gasteiger partial charge in [0.25, 0.3) is 0 Å². The van der Waals surface area contributed by atoms with Gasteiger partial charge in [0, 0.05) is 40.7 Å². The molecule has 0 saturated carbocycles. The number of ketones is 3. The van der Waals surface area contributed by atoms with Crippen LogP contribution in [0, 0.1) is 5.41 Å². The number of carbonyl (C=O) groups excluding carboxylic acids is 4. The minimum absolute atomic E-state index is 0.0960. The number of nitrogens with one attached hydrogen (secondary N) is 1. The van der Waals surface area contributed by atoms with Crippen molar-refractivity contribution in [3.8, 4) is 0 Å². The fourth-order valence-electron chi connectivity index (χ4n) is 4.41. The summed E-state index contributed by atoms with van der Waals surface area (Å²) in [6.45, 7) is 1.19. The largest absolute Gasteiger partial charge is 0.394 e. The highest BCUT2D eigenvalue weighted by Crippen LogP contribution is 2.52. The monoisotopic (exact) mass is 397 g/mol. The van der Waals surface area contributed by atoms with Gasteiger partial charge in [-0.1, -0.05) is 42.1 Å². The lowest BCUT2D eigenvalue weighted by Gasteiger charge is -2.48. The summed E-state index contributed by atoms with van der Waals surface area (Å²) in [5.74, 6) is -0.706. The van der Waals surface area contributed by atoms with Gasteiger partial charge >= 0.3 is 0 Å². The number of hydrogen-bond acceptors (Lipinski definition) is 7. The van der Waals surface area contributed by atoms with Crippen molar-refractivity contribution >= 4 is 34.2 Å². The van der Waals surface area contributed by atoms with E-state index in [4.69, 9.17) is 0 Å². The van der Waals surface area contributed by atoms with Gasteiger partial charge in [0.1, 0.15) is 0 Å². The zero-order chi connectivity index (χ0) is 20.1. The van der Waals surface area contributed by atoms with Gasteiger partial charge in [-0.25, -0.2) is 0 Å². The zero-order valence-electron chi connectivity index (χ0n) is 15.2. The SMILES string of the molecule is CC(=O)S[C@H]1CC(=O)C=C[C@]12C[C@@H](CO)NC1=C2C(=O)c2ccccc2C1=O. The second kappa shape index (κ2) is 6.83. The van der Waals surface area contributed by atoms with Gasteiger partial charge in [-0.3, -0.25) is 19.2 Å². The van der Waals surface area contributed by atoms with Gasteiger partial charge in [-0.15, -0.1) is 0 Å². The van der Waals surface area contributed by atoms with Crippen molar-refractivity contribution in [3.05, 3.63) is 58.8 Å². The average molecular weight is 397 g/mol. The highest BCUT2D eigenvalue weighted by atomic mass is 32.2. The first-order valence-corrected chi connectivity index (χ1v) is 9.95. The molecule has 4 rings (SSSR count). The van der Waals surface area contributed by atoms with Crippen LogP contribution in [0.3, 0.4) is 0 Å². The predicted molar refractivity (Wildman–Crippen MR) is 104 cm³/mol. The Hall–Kier alpha value is -2.51. The fraction of sp³-hybridized carbons (Fsp3) is 0.333. The molecule has 0 unspecified atom stereocenters. The number of benzene rings is 1. The topological polar surface area (TPSA) is 101 Å². The second-order valence-corrected chi connectivity index (χ2v) is 8.70. The maximum Gasteiger partial charge on any atom is 0.210 e. The quantitative estimate of drug-likeness (QED) is 0.785. The van der Waals surface area contributed by atoms with Gasteiger partial charge in [0.05, 0.1) is 18.3 Å². The van der Waals surface area contributed by atoms with E-state index in [-0.39, 0.29) is 41.2 Å². The van der Waals surface area contributed by atoms with Gasteiger partial charge in [0.15, 0.2) is 16.7 Å². The summed E-state index contributed by atoms with van der Waals surface area (Å²) >= 11 is 1.02. The molecule has 1 heterocycles. The van der Waals surface area contributed by atoms with Crippen LogP contribution in [0.2, 0.25) is 0 Å². The Kier molecular flexibility index (Phi) is 4.59. The molecule has 1 aliphatic heterocycles. The highest BCUT2D eigenvalue weighted by Gasteiger charge is 2.53. The summed E-state index contributed by atoms with van der Waals surface area (Å²) < 4.78 is 0. The van der Waals surface area contributed by atoms with Crippen LogP contribution in [0.4, 0.5) is 0 Å². The van der Waals surface area contributed by atoms with Crippen LogP contribution in [0.25, 0.3) is 0 Å². The van der Waals surface area contributed by atoms with Crippen molar-refractivity contribution in [3.63, 3.8) is 0 Å². The van der Waals surface area contributed by atoms with Crippen molar-refractivity contribution in [2.45, 2.75) is 31.1 Å². The molecule has 0 aromatic heterocycles. The lowest BCUT2D eigenvalue weighted by molar-refractivity contribution is -0.115. The van der Waals surface area contributed by atoms with Crippen molar-refractivity contribution in [2.24, 2.45) is 5.41 Å². The number of aliphatic hydroxyl groups excluding tert-OH is 1. The van der Waals surface area contributed by atoms with Crippen LogP contribution >= 0.6 is 11.8 Å². The number of rotatable bonds is 2. The molecule has 0 fully saturated rings. The molecule has 0 radical (unpaired) electrons. The maximum atomic E-state index is 13.5. The number of allylic oxidation sites excluding steroid dienone is 4. The lowest BCUT2D eigenvalue weighted by Crippen LogP contribution is -2.54. The van der Waals surface area contributed by atoms with Crippen LogP contribution in [-0.2, 0) is 9.59 Å². The smallest absolute Gasteiger partial charge is 0.210 e. The number of aliphatic hydroxyl groups is 1. The molecule has 28 heavy (non-hydrogen) atoms. The first-order chi connectivity index (χ1) is 13.4. The summed E-state index contributed by atoms with van der Waals surface area (Å²) in [7, 11) is 0. The third-order valence-corrected chi connectivity index (χ3v) is 6.78. The van der Waals surface area contributed by atoms with Crippen LogP contribution in [0.15, 0.2) is 47.7 Å². The molecule has 1 aromatic carbocycles. The Morgan fingerprint density at radius 1 is 1.21 bits per heavy atom. The van der Waals surface area contributed by atoms with Crippen molar-refractivity contribution in [1.29, 1.82) is 0 Å². The van der Waals surface area contributed by atoms with E-state index in [9.17, 15) is 24.3 Å². The normalized spacial score (nSPS) is 28.9. The van der Waals surface area contributed by atoms with Crippen molar-refractivity contribution in [2.75, 3.05) is 6.61 Å².